The lowest BCUT2D eigenvalue weighted by Gasteiger charge is -2.34. The first-order chi connectivity index (χ1) is 10.4. The summed E-state index contributed by atoms with van der Waals surface area (Å²) in [6.45, 7) is 11.2. The van der Waals surface area contributed by atoms with Crippen molar-refractivity contribution < 1.29 is 0 Å². The maximum atomic E-state index is 4.91. The summed E-state index contributed by atoms with van der Waals surface area (Å²) in [6, 6.07) is 5.16. The van der Waals surface area contributed by atoms with E-state index in [2.05, 4.69) is 69.1 Å². The summed E-state index contributed by atoms with van der Waals surface area (Å²) in [5.74, 6) is 2.20. The summed E-state index contributed by atoms with van der Waals surface area (Å²) in [4.78, 5) is 7.34. The predicted molar refractivity (Wildman–Crippen MR) is 102 cm³/mol. The highest BCUT2D eigenvalue weighted by atomic mass is 127. The van der Waals surface area contributed by atoms with Gasteiger partial charge in [-0.2, -0.15) is 0 Å². The molecule has 1 saturated heterocycles. The van der Waals surface area contributed by atoms with Gasteiger partial charge in [0.15, 0.2) is 0 Å². The summed E-state index contributed by atoms with van der Waals surface area (Å²) in [6.07, 6.45) is 3.91. The van der Waals surface area contributed by atoms with Gasteiger partial charge in [0, 0.05) is 55.1 Å². The highest BCUT2D eigenvalue weighted by Crippen LogP contribution is 2.30. The van der Waals surface area contributed by atoms with Crippen molar-refractivity contribution >= 4 is 34.5 Å². The Morgan fingerprint density at radius 2 is 1.82 bits per heavy atom. The second-order valence-corrected chi connectivity index (χ2v) is 8.88. The Bertz CT molecular complexity index is 514. The Morgan fingerprint density at radius 3 is 2.36 bits per heavy atom. The first-order valence-corrected chi connectivity index (χ1v) is 9.33. The van der Waals surface area contributed by atoms with E-state index in [9.17, 15) is 0 Å². The van der Waals surface area contributed by atoms with Gasteiger partial charge >= 0.3 is 0 Å². The standard InChI is InChI=1S/C17H27IN4/c1-17(2,3)13-11-15(19-14-5-4-6-14)20-16(12-13)21-7-9-22(18)10-8-21/h11-12,14H,4-10H2,1-3H3,(H,19,20). The molecule has 1 saturated carbocycles. The Morgan fingerprint density at radius 1 is 1.14 bits per heavy atom. The summed E-state index contributed by atoms with van der Waals surface area (Å²) < 4.78 is 2.36. The van der Waals surface area contributed by atoms with E-state index >= 15 is 0 Å². The fourth-order valence-corrected chi connectivity index (χ4v) is 3.29. The third-order valence-electron chi connectivity index (χ3n) is 4.68. The SMILES string of the molecule is CC(C)(C)c1cc(NC2CCC2)nc(N2CCN(I)CC2)c1. The second-order valence-electron chi connectivity index (χ2n) is 7.52. The fourth-order valence-electron chi connectivity index (χ4n) is 2.86. The Kier molecular flexibility index (Phi) is 4.83. The van der Waals surface area contributed by atoms with Crippen molar-refractivity contribution in [1.82, 2.24) is 8.10 Å². The number of pyridine rings is 1. The average molecular weight is 414 g/mol. The second kappa shape index (κ2) is 6.51. The van der Waals surface area contributed by atoms with Gasteiger partial charge in [-0.05, 0) is 42.4 Å². The van der Waals surface area contributed by atoms with Gasteiger partial charge in [0.25, 0.3) is 0 Å². The van der Waals surface area contributed by atoms with Crippen molar-refractivity contribution in [3.63, 3.8) is 0 Å². The van der Waals surface area contributed by atoms with Crippen molar-refractivity contribution in [3.8, 4) is 0 Å². The van der Waals surface area contributed by atoms with E-state index < -0.39 is 0 Å². The molecule has 0 bridgehead atoms. The zero-order valence-corrected chi connectivity index (χ0v) is 16.1. The molecular weight excluding hydrogens is 387 g/mol. The number of anilines is 2. The molecule has 4 nitrogen and oxygen atoms in total. The van der Waals surface area contributed by atoms with Crippen LogP contribution in [0.25, 0.3) is 0 Å². The van der Waals surface area contributed by atoms with Gasteiger partial charge in [-0.25, -0.2) is 8.10 Å². The summed E-state index contributed by atoms with van der Waals surface area (Å²) in [5.41, 5.74) is 1.52. The Balaban J connectivity index is 1.85. The molecule has 2 fully saturated rings. The number of hydrogen-bond donors (Lipinski definition) is 1. The number of nitrogens with zero attached hydrogens (tertiary/aromatic N) is 3. The van der Waals surface area contributed by atoms with Crippen LogP contribution in [0.3, 0.4) is 0 Å². The van der Waals surface area contributed by atoms with E-state index in [4.69, 9.17) is 4.98 Å². The number of piperazine rings is 1. The molecule has 0 unspecified atom stereocenters. The first-order valence-electron chi connectivity index (χ1n) is 8.36. The molecule has 2 heterocycles. The molecule has 122 valence electrons. The molecule has 1 aliphatic heterocycles. The lowest BCUT2D eigenvalue weighted by molar-refractivity contribution is 0.443. The monoisotopic (exact) mass is 414 g/mol. The van der Waals surface area contributed by atoms with Gasteiger partial charge in [-0.3, -0.25) is 0 Å². The highest BCUT2D eigenvalue weighted by molar-refractivity contribution is 14.1. The molecule has 0 aromatic carbocycles. The van der Waals surface area contributed by atoms with Crippen LogP contribution < -0.4 is 10.2 Å². The summed E-state index contributed by atoms with van der Waals surface area (Å²) in [7, 11) is 0. The Labute approximate surface area is 148 Å². The van der Waals surface area contributed by atoms with Gasteiger partial charge in [-0.15, -0.1) is 0 Å². The lowest BCUT2D eigenvalue weighted by Crippen LogP contribution is -2.42. The third kappa shape index (κ3) is 3.85. The third-order valence-corrected chi connectivity index (χ3v) is 5.65. The zero-order chi connectivity index (χ0) is 15.7. The van der Waals surface area contributed by atoms with Crippen molar-refractivity contribution in [2.24, 2.45) is 0 Å². The van der Waals surface area contributed by atoms with Crippen molar-refractivity contribution in [2.45, 2.75) is 51.5 Å². The van der Waals surface area contributed by atoms with Crippen molar-refractivity contribution in [1.29, 1.82) is 0 Å². The van der Waals surface area contributed by atoms with E-state index in [1.54, 1.807) is 0 Å². The van der Waals surface area contributed by atoms with E-state index in [-0.39, 0.29) is 5.41 Å². The molecule has 0 spiro atoms. The minimum absolute atomic E-state index is 0.152. The molecular formula is C17H27IN4. The van der Waals surface area contributed by atoms with Crippen molar-refractivity contribution in [2.75, 3.05) is 36.4 Å². The number of halogens is 1. The van der Waals surface area contributed by atoms with Crippen LogP contribution in [-0.2, 0) is 5.41 Å². The fraction of sp³-hybridized carbons (Fsp3) is 0.706. The molecule has 5 heteroatoms. The minimum atomic E-state index is 0.152. The molecule has 22 heavy (non-hydrogen) atoms. The highest BCUT2D eigenvalue weighted by Gasteiger charge is 2.23. The van der Waals surface area contributed by atoms with Gasteiger partial charge in [-0.1, -0.05) is 20.8 Å². The maximum Gasteiger partial charge on any atom is 0.131 e. The predicted octanol–water partition coefficient (Wildman–Crippen LogP) is 3.82. The van der Waals surface area contributed by atoms with Gasteiger partial charge in [0.05, 0.1) is 0 Å². The largest absolute Gasteiger partial charge is 0.367 e. The molecule has 0 atom stereocenters. The van der Waals surface area contributed by atoms with Crippen LogP contribution in [-0.4, -0.2) is 40.3 Å². The van der Waals surface area contributed by atoms with Crippen LogP contribution >= 0.6 is 22.9 Å². The number of nitrogens with one attached hydrogen (secondary N) is 1. The minimum Gasteiger partial charge on any atom is -0.367 e. The molecule has 0 amide bonds. The molecule has 1 N–H and O–H groups in total. The van der Waals surface area contributed by atoms with Crippen molar-refractivity contribution in [3.05, 3.63) is 17.7 Å². The zero-order valence-electron chi connectivity index (χ0n) is 13.9. The molecule has 2 aliphatic rings. The molecule has 0 radical (unpaired) electrons. The lowest BCUT2D eigenvalue weighted by atomic mass is 9.87. The van der Waals surface area contributed by atoms with E-state index in [0.717, 1.165) is 37.8 Å². The normalized spacial score (nSPS) is 20.8. The molecule has 1 aliphatic carbocycles. The van der Waals surface area contributed by atoms with E-state index in [1.807, 2.05) is 0 Å². The van der Waals surface area contributed by atoms with Crippen LogP contribution in [0, 0.1) is 0 Å². The van der Waals surface area contributed by atoms with Crippen LogP contribution in [0.4, 0.5) is 11.6 Å². The Hall–Kier alpha value is -0.560. The average Bonchev–Trinajstić information content (AvgIpc) is 2.42. The van der Waals surface area contributed by atoms with E-state index in [1.165, 1.54) is 24.8 Å². The number of hydrogen-bond acceptors (Lipinski definition) is 4. The molecule has 1 aromatic rings. The first kappa shape index (κ1) is 16.3. The summed E-state index contributed by atoms with van der Waals surface area (Å²) >= 11 is 2.41. The summed E-state index contributed by atoms with van der Waals surface area (Å²) in [5, 5.41) is 3.63. The van der Waals surface area contributed by atoms with Gasteiger partial charge in [0.1, 0.15) is 11.6 Å². The van der Waals surface area contributed by atoms with Crippen LogP contribution in [0.2, 0.25) is 0 Å². The molecule has 3 rings (SSSR count). The number of aromatic nitrogens is 1. The van der Waals surface area contributed by atoms with Crippen LogP contribution in [0.15, 0.2) is 12.1 Å². The molecule has 1 aromatic heterocycles. The van der Waals surface area contributed by atoms with Crippen LogP contribution in [0.5, 0.6) is 0 Å². The van der Waals surface area contributed by atoms with E-state index in [0.29, 0.717) is 6.04 Å². The van der Waals surface area contributed by atoms with Gasteiger partial charge in [0.2, 0.25) is 0 Å². The van der Waals surface area contributed by atoms with Gasteiger partial charge < -0.3 is 10.2 Å². The maximum absolute atomic E-state index is 4.91. The quantitative estimate of drug-likeness (QED) is 0.602. The smallest absolute Gasteiger partial charge is 0.131 e. The topological polar surface area (TPSA) is 31.4 Å². The number of rotatable bonds is 3. The van der Waals surface area contributed by atoms with Crippen LogP contribution in [0.1, 0.15) is 45.6 Å².